The van der Waals surface area contributed by atoms with E-state index in [1.165, 1.54) is 5.56 Å². The van der Waals surface area contributed by atoms with Gasteiger partial charge in [-0.05, 0) is 11.0 Å². The minimum absolute atomic E-state index is 0.0839. The van der Waals surface area contributed by atoms with Gasteiger partial charge in [0.2, 0.25) is 0 Å². The first kappa shape index (κ1) is 16.3. The lowest BCUT2D eigenvalue weighted by Gasteiger charge is -2.27. The number of imidazole rings is 1. The van der Waals surface area contributed by atoms with Gasteiger partial charge in [-0.15, -0.1) is 0 Å². The highest BCUT2D eigenvalue weighted by atomic mass is 15.1. The standard InChI is InChI=1S/C19H23N5/c1-19(2,3)17(20)18-23-16(15-11-21-9-10-22-15)13-24(18)12-14-7-5-4-6-8-14/h4-11,13,17H,12,20H2,1-3H3/t17-/m0/s1. The molecule has 1 atom stereocenters. The van der Waals surface area contributed by atoms with Crippen molar-refractivity contribution in [2.75, 3.05) is 0 Å². The second kappa shape index (κ2) is 6.53. The van der Waals surface area contributed by atoms with Crippen molar-refractivity contribution in [3.05, 3.63) is 66.5 Å². The summed E-state index contributed by atoms with van der Waals surface area (Å²) in [6, 6.07) is 10.1. The first-order chi connectivity index (χ1) is 11.4. The van der Waals surface area contributed by atoms with Gasteiger partial charge in [0.15, 0.2) is 0 Å². The molecule has 0 fully saturated rings. The first-order valence-corrected chi connectivity index (χ1v) is 8.08. The van der Waals surface area contributed by atoms with Crippen LogP contribution in [0, 0.1) is 5.41 Å². The molecule has 2 heterocycles. The van der Waals surface area contributed by atoms with E-state index in [9.17, 15) is 0 Å². The molecule has 2 N–H and O–H groups in total. The molecule has 0 unspecified atom stereocenters. The molecule has 1 aromatic carbocycles. The van der Waals surface area contributed by atoms with Crippen molar-refractivity contribution < 1.29 is 0 Å². The Morgan fingerprint density at radius 1 is 1.08 bits per heavy atom. The lowest BCUT2D eigenvalue weighted by atomic mass is 9.87. The van der Waals surface area contributed by atoms with Gasteiger partial charge in [0.1, 0.15) is 17.2 Å². The van der Waals surface area contributed by atoms with Gasteiger partial charge in [0, 0.05) is 25.1 Å². The van der Waals surface area contributed by atoms with Gasteiger partial charge < -0.3 is 10.3 Å². The Labute approximate surface area is 142 Å². The van der Waals surface area contributed by atoms with Gasteiger partial charge in [0.25, 0.3) is 0 Å². The Kier molecular flexibility index (Phi) is 4.44. The van der Waals surface area contributed by atoms with Crippen LogP contribution in [0.1, 0.15) is 38.2 Å². The fraction of sp³-hybridized carbons (Fsp3) is 0.316. The van der Waals surface area contributed by atoms with Crippen LogP contribution in [0.25, 0.3) is 11.4 Å². The fourth-order valence-corrected chi connectivity index (χ4v) is 2.53. The Bertz CT molecular complexity index is 788. The van der Waals surface area contributed by atoms with Crippen LogP contribution >= 0.6 is 0 Å². The third kappa shape index (κ3) is 3.51. The topological polar surface area (TPSA) is 69.6 Å². The van der Waals surface area contributed by atoms with Crippen molar-refractivity contribution in [3.63, 3.8) is 0 Å². The van der Waals surface area contributed by atoms with E-state index < -0.39 is 0 Å². The summed E-state index contributed by atoms with van der Waals surface area (Å²) in [4.78, 5) is 13.3. The Morgan fingerprint density at radius 3 is 2.46 bits per heavy atom. The largest absolute Gasteiger partial charge is 0.328 e. The van der Waals surface area contributed by atoms with Crippen molar-refractivity contribution in [2.24, 2.45) is 11.1 Å². The predicted molar refractivity (Wildman–Crippen MR) is 95.2 cm³/mol. The van der Waals surface area contributed by atoms with Gasteiger partial charge in [-0.1, -0.05) is 51.1 Å². The zero-order chi connectivity index (χ0) is 17.2. The molecule has 0 amide bonds. The SMILES string of the molecule is CC(C)(C)[C@@H](N)c1nc(-c2cnccn2)cn1Cc1ccccc1. The van der Waals surface area contributed by atoms with Crippen LogP contribution in [0.5, 0.6) is 0 Å². The van der Waals surface area contributed by atoms with Gasteiger partial charge in [-0.3, -0.25) is 9.97 Å². The van der Waals surface area contributed by atoms with Gasteiger partial charge in [-0.2, -0.15) is 0 Å². The summed E-state index contributed by atoms with van der Waals surface area (Å²) >= 11 is 0. The van der Waals surface area contributed by atoms with E-state index in [1.54, 1.807) is 18.6 Å². The molecule has 5 heteroatoms. The molecule has 0 saturated carbocycles. The van der Waals surface area contributed by atoms with E-state index in [0.29, 0.717) is 0 Å². The molecule has 0 radical (unpaired) electrons. The van der Waals surface area contributed by atoms with E-state index in [0.717, 1.165) is 23.8 Å². The summed E-state index contributed by atoms with van der Waals surface area (Å²) in [5.41, 5.74) is 9.18. The number of benzene rings is 1. The third-order valence-electron chi connectivity index (χ3n) is 4.04. The predicted octanol–water partition coefficient (Wildman–Crippen LogP) is 3.43. The van der Waals surface area contributed by atoms with Crippen LogP contribution < -0.4 is 5.73 Å². The van der Waals surface area contributed by atoms with E-state index >= 15 is 0 Å². The molecular weight excluding hydrogens is 298 g/mol. The molecule has 3 aromatic rings. The lowest BCUT2D eigenvalue weighted by molar-refractivity contribution is 0.309. The molecular formula is C19H23N5. The van der Waals surface area contributed by atoms with Crippen LogP contribution in [0.2, 0.25) is 0 Å². The molecule has 0 saturated heterocycles. The van der Waals surface area contributed by atoms with Crippen LogP contribution in [0.3, 0.4) is 0 Å². The minimum atomic E-state index is -0.174. The second-order valence-corrected chi connectivity index (χ2v) is 7.03. The lowest BCUT2D eigenvalue weighted by Crippen LogP contribution is -2.29. The Balaban J connectivity index is 2.03. The van der Waals surface area contributed by atoms with Crippen LogP contribution in [0.15, 0.2) is 55.1 Å². The molecule has 3 rings (SSSR count). The van der Waals surface area contributed by atoms with Gasteiger partial charge in [0.05, 0.1) is 12.2 Å². The molecule has 24 heavy (non-hydrogen) atoms. The molecule has 2 aromatic heterocycles. The normalized spacial score (nSPS) is 13.0. The smallest absolute Gasteiger partial charge is 0.127 e. The maximum absolute atomic E-state index is 6.50. The molecule has 0 spiro atoms. The van der Waals surface area contributed by atoms with Crippen molar-refractivity contribution in [3.8, 4) is 11.4 Å². The zero-order valence-corrected chi connectivity index (χ0v) is 14.3. The quantitative estimate of drug-likeness (QED) is 0.799. The van der Waals surface area contributed by atoms with Crippen molar-refractivity contribution >= 4 is 0 Å². The second-order valence-electron chi connectivity index (χ2n) is 7.03. The highest BCUT2D eigenvalue weighted by molar-refractivity contribution is 5.52. The average Bonchev–Trinajstić information content (AvgIpc) is 2.98. The molecule has 0 aliphatic carbocycles. The van der Waals surface area contributed by atoms with Gasteiger partial charge in [-0.25, -0.2) is 4.98 Å². The highest BCUT2D eigenvalue weighted by Gasteiger charge is 2.27. The molecule has 0 aliphatic rings. The zero-order valence-electron chi connectivity index (χ0n) is 14.3. The Morgan fingerprint density at radius 2 is 1.83 bits per heavy atom. The van der Waals surface area contributed by atoms with Crippen LogP contribution in [-0.2, 0) is 6.54 Å². The highest BCUT2D eigenvalue weighted by Crippen LogP contribution is 2.31. The number of nitrogens with zero attached hydrogens (tertiary/aromatic N) is 4. The number of aromatic nitrogens is 4. The maximum Gasteiger partial charge on any atom is 0.127 e. The van der Waals surface area contributed by atoms with Crippen LogP contribution in [0.4, 0.5) is 0 Å². The van der Waals surface area contributed by atoms with E-state index in [4.69, 9.17) is 10.7 Å². The van der Waals surface area contributed by atoms with Gasteiger partial charge >= 0.3 is 0 Å². The minimum Gasteiger partial charge on any atom is -0.328 e. The van der Waals surface area contributed by atoms with E-state index in [-0.39, 0.29) is 11.5 Å². The summed E-state index contributed by atoms with van der Waals surface area (Å²) in [5, 5.41) is 0. The molecule has 5 nitrogen and oxygen atoms in total. The average molecular weight is 321 g/mol. The molecule has 0 aliphatic heterocycles. The first-order valence-electron chi connectivity index (χ1n) is 8.08. The summed E-state index contributed by atoms with van der Waals surface area (Å²) < 4.78 is 2.12. The summed E-state index contributed by atoms with van der Waals surface area (Å²) in [6.45, 7) is 7.11. The summed E-state index contributed by atoms with van der Waals surface area (Å²) in [7, 11) is 0. The Hall–Kier alpha value is -2.53. The summed E-state index contributed by atoms with van der Waals surface area (Å²) in [6.07, 6.45) is 7.07. The van der Waals surface area contributed by atoms with Crippen molar-refractivity contribution in [2.45, 2.75) is 33.4 Å². The fourth-order valence-electron chi connectivity index (χ4n) is 2.53. The molecule has 124 valence electrons. The van der Waals surface area contributed by atoms with Crippen molar-refractivity contribution in [1.82, 2.24) is 19.5 Å². The number of hydrogen-bond acceptors (Lipinski definition) is 4. The number of rotatable bonds is 4. The van der Waals surface area contributed by atoms with Crippen LogP contribution in [-0.4, -0.2) is 19.5 Å². The van der Waals surface area contributed by atoms with E-state index in [2.05, 4.69) is 47.4 Å². The van der Waals surface area contributed by atoms with E-state index in [1.807, 2.05) is 24.4 Å². The number of hydrogen-bond donors (Lipinski definition) is 1. The number of nitrogens with two attached hydrogens (primary N) is 1. The van der Waals surface area contributed by atoms with Crippen molar-refractivity contribution in [1.29, 1.82) is 0 Å². The summed E-state index contributed by atoms with van der Waals surface area (Å²) in [5.74, 6) is 0.868. The monoisotopic (exact) mass is 321 g/mol. The molecule has 0 bridgehead atoms. The maximum atomic E-state index is 6.50. The third-order valence-corrected chi connectivity index (χ3v) is 4.04.